The van der Waals surface area contributed by atoms with Crippen molar-refractivity contribution in [3.63, 3.8) is 0 Å². The van der Waals surface area contributed by atoms with E-state index in [0.717, 1.165) is 19.0 Å². The number of aromatic amines is 1. The molecule has 39 heavy (non-hydrogen) atoms. The Labute approximate surface area is 228 Å². The van der Waals surface area contributed by atoms with Gasteiger partial charge in [-0.25, -0.2) is 13.2 Å². The Morgan fingerprint density at radius 3 is 2.46 bits per heavy atom. The first-order valence-corrected chi connectivity index (χ1v) is 14.5. The monoisotopic (exact) mass is 586 g/mol. The van der Waals surface area contributed by atoms with Crippen molar-refractivity contribution in [3.05, 3.63) is 72.9 Å². The van der Waals surface area contributed by atoms with Crippen molar-refractivity contribution in [3.8, 4) is 0 Å². The van der Waals surface area contributed by atoms with Crippen LogP contribution >= 0.6 is 11.6 Å². The largest absolute Gasteiger partial charge is 0.416 e. The summed E-state index contributed by atoms with van der Waals surface area (Å²) in [6, 6.07) is 5.98. The summed E-state index contributed by atoms with van der Waals surface area (Å²) in [4.78, 5) is 32.7. The van der Waals surface area contributed by atoms with Crippen molar-refractivity contribution in [1.29, 1.82) is 0 Å². The van der Waals surface area contributed by atoms with Gasteiger partial charge in [0.1, 0.15) is 0 Å². The van der Waals surface area contributed by atoms with Gasteiger partial charge in [-0.15, -0.1) is 0 Å². The Hall–Kier alpha value is -2.67. The molecule has 13 heteroatoms. The number of aromatic nitrogens is 2. The number of hydrogen-bond donors (Lipinski definition) is 1. The lowest BCUT2D eigenvalue weighted by Gasteiger charge is -2.21. The highest BCUT2D eigenvalue weighted by molar-refractivity contribution is 7.91. The van der Waals surface area contributed by atoms with Gasteiger partial charge in [0, 0.05) is 24.7 Å². The number of nitrogens with one attached hydrogen (secondary N) is 1. The summed E-state index contributed by atoms with van der Waals surface area (Å²) in [5.41, 5.74) is -2.73. The lowest BCUT2D eigenvalue weighted by molar-refractivity contribution is -0.138. The molecule has 1 atom stereocenters. The van der Waals surface area contributed by atoms with E-state index in [9.17, 15) is 31.2 Å². The first-order valence-electron chi connectivity index (χ1n) is 12.4. The van der Waals surface area contributed by atoms with Gasteiger partial charge in [-0.3, -0.25) is 14.3 Å². The molecular weight excluding hydrogens is 557 g/mol. The molecule has 2 heterocycles. The van der Waals surface area contributed by atoms with Crippen LogP contribution in [0.15, 0.2) is 44.8 Å². The van der Waals surface area contributed by atoms with E-state index in [1.54, 1.807) is 0 Å². The lowest BCUT2D eigenvalue weighted by atomic mass is 10.0. The Balaban J connectivity index is 1.78. The molecule has 0 saturated carbocycles. The molecule has 0 spiro atoms. The molecule has 212 valence electrons. The third-order valence-electron chi connectivity index (χ3n) is 6.96. The number of H-pyrrole nitrogens is 1. The molecule has 0 bridgehead atoms. The topological polar surface area (TPSA) is 95.5 Å². The summed E-state index contributed by atoms with van der Waals surface area (Å²) < 4.78 is 68.2. The highest BCUT2D eigenvalue weighted by atomic mass is 35.5. The van der Waals surface area contributed by atoms with Gasteiger partial charge in [-0.1, -0.05) is 18.5 Å². The van der Waals surface area contributed by atoms with Crippen molar-refractivity contribution in [2.75, 3.05) is 39.5 Å². The first-order chi connectivity index (χ1) is 18.2. The molecule has 0 unspecified atom stereocenters. The molecule has 1 fully saturated rings. The molecule has 0 radical (unpaired) electrons. The summed E-state index contributed by atoms with van der Waals surface area (Å²) >= 11 is 6.04. The average Bonchev–Trinajstić information content (AvgIpc) is 3.26. The van der Waals surface area contributed by atoms with E-state index in [4.69, 9.17) is 11.6 Å². The molecule has 1 aliphatic rings. The van der Waals surface area contributed by atoms with Gasteiger partial charge in [0.25, 0.3) is 5.56 Å². The standard InChI is InChI=1S/C26H30ClF3N4O4S/c1-4-39(37,38)23-6-5-19(27)9-18(23)15-34-24(35)20-11-21(26(28,29)30)17(10-22(20)31-25(34)36)14-33-8-7-16(13-33)12-32(2)3/h5-6,9-11,16H,4,7-8,12-15H2,1-3H3,(H,31,36)/t16-/m1/s1. The third kappa shape index (κ3) is 6.40. The number of alkyl halides is 3. The van der Waals surface area contributed by atoms with E-state index in [2.05, 4.69) is 4.98 Å². The van der Waals surface area contributed by atoms with Crippen molar-refractivity contribution in [1.82, 2.24) is 19.4 Å². The van der Waals surface area contributed by atoms with Gasteiger partial charge in [0.05, 0.1) is 33.7 Å². The maximum absolute atomic E-state index is 14.1. The number of nitrogens with zero attached hydrogens (tertiary/aromatic N) is 3. The van der Waals surface area contributed by atoms with Crippen molar-refractivity contribution in [2.24, 2.45) is 5.92 Å². The fourth-order valence-electron chi connectivity index (χ4n) is 5.15. The summed E-state index contributed by atoms with van der Waals surface area (Å²) in [5.74, 6) is 0.115. The number of fused-ring (bicyclic) bond motifs is 1. The molecule has 2 aromatic carbocycles. The normalized spacial score (nSPS) is 17.0. The van der Waals surface area contributed by atoms with Crippen LogP contribution in [0, 0.1) is 5.92 Å². The molecule has 8 nitrogen and oxygen atoms in total. The number of halogens is 4. The summed E-state index contributed by atoms with van der Waals surface area (Å²) in [6.45, 7) is 3.12. The second-order valence-corrected chi connectivity index (χ2v) is 12.9. The predicted octanol–water partition coefficient (Wildman–Crippen LogP) is 3.59. The lowest BCUT2D eigenvalue weighted by Crippen LogP contribution is -2.36. The molecule has 4 rings (SSSR count). The maximum Gasteiger partial charge on any atom is 0.416 e. The molecular formula is C26H30ClF3N4O4S. The third-order valence-corrected chi connectivity index (χ3v) is 9.03. The van der Waals surface area contributed by atoms with Gasteiger partial charge < -0.3 is 9.88 Å². The number of hydrogen-bond acceptors (Lipinski definition) is 6. The highest BCUT2D eigenvalue weighted by Gasteiger charge is 2.35. The van der Waals surface area contributed by atoms with Gasteiger partial charge >= 0.3 is 11.9 Å². The van der Waals surface area contributed by atoms with Crippen molar-refractivity contribution >= 4 is 32.3 Å². The van der Waals surface area contributed by atoms with E-state index in [-0.39, 0.29) is 44.2 Å². The van der Waals surface area contributed by atoms with Crippen LogP contribution in [-0.2, 0) is 29.1 Å². The number of sulfone groups is 1. The van der Waals surface area contributed by atoms with Crippen LogP contribution in [-0.4, -0.2) is 67.3 Å². The Morgan fingerprint density at radius 2 is 1.82 bits per heavy atom. The van der Waals surface area contributed by atoms with Crippen LogP contribution in [0.1, 0.15) is 30.0 Å². The first kappa shape index (κ1) is 29.3. The minimum Gasteiger partial charge on any atom is -0.309 e. The second-order valence-electron chi connectivity index (χ2n) is 10.2. The quantitative estimate of drug-likeness (QED) is 0.434. The van der Waals surface area contributed by atoms with E-state index < -0.39 is 39.4 Å². The molecule has 1 aliphatic heterocycles. The predicted molar refractivity (Wildman–Crippen MR) is 144 cm³/mol. The summed E-state index contributed by atoms with van der Waals surface area (Å²) in [6.07, 6.45) is -3.86. The zero-order chi connectivity index (χ0) is 28.7. The molecule has 0 amide bonds. The van der Waals surface area contributed by atoms with E-state index in [1.807, 2.05) is 23.9 Å². The fraction of sp³-hybridized carbons (Fsp3) is 0.462. The molecule has 3 aromatic rings. The second kappa shape index (κ2) is 11.1. The Bertz CT molecular complexity index is 1620. The van der Waals surface area contributed by atoms with Crippen LogP contribution in [0.4, 0.5) is 13.2 Å². The van der Waals surface area contributed by atoms with Crippen molar-refractivity contribution in [2.45, 2.75) is 37.5 Å². The van der Waals surface area contributed by atoms with Gasteiger partial charge in [-0.2, -0.15) is 13.2 Å². The minimum atomic E-state index is -4.73. The Morgan fingerprint density at radius 1 is 1.10 bits per heavy atom. The van der Waals surface area contributed by atoms with Crippen LogP contribution in [0.2, 0.25) is 5.02 Å². The van der Waals surface area contributed by atoms with Gasteiger partial charge in [0.2, 0.25) is 0 Å². The van der Waals surface area contributed by atoms with Crippen LogP contribution in [0.5, 0.6) is 0 Å². The zero-order valence-electron chi connectivity index (χ0n) is 21.8. The molecule has 0 aliphatic carbocycles. The van der Waals surface area contributed by atoms with Crippen LogP contribution in [0.25, 0.3) is 10.9 Å². The highest BCUT2D eigenvalue weighted by Crippen LogP contribution is 2.35. The number of benzene rings is 2. The smallest absolute Gasteiger partial charge is 0.309 e. The molecule has 1 saturated heterocycles. The van der Waals surface area contributed by atoms with Gasteiger partial charge in [0.15, 0.2) is 9.84 Å². The number of rotatable bonds is 8. The average molecular weight is 587 g/mol. The van der Waals surface area contributed by atoms with E-state index >= 15 is 0 Å². The fourth-order valence-corrected chi connectivity index (χ4v) is 6.45. The zero-order valence-corrected chi connectivity index (χ0v) is 23.4. The van der Waals surface area contributed by atoms with E-state index in [1.165, 1.54) is 31.2 Å². The molecule has 1 aromatic heterocycles. The number of likely N-dealkylation sites (tertiary alicyclic amines) is 1. The SMILES string of the molecule is CCS(=O)(=O)c1ccc(Cl)cc1Cn1c(=O)[nH]c2cc(CN3CC[C@H](CN(C)C)C3)c(C(F)(F)F)cc2c1=O. The molecule has 1 N–H and O–H groups in total. The minimum absolute atomic E-state index is 0.0132. The maximum atomic E-state index is 14.1. The van der Waals surface area contributed by atoms with Gasteiger partial charge in [-0.05, 0) is 74.4 Å². The van der Waals surface area contributed by atoms with Crippen molar-refractivity contribution < 1.29 is 21.6 Å². The van der Waals surface area contributed by atoms with E-state index in [0.29, 0.717) is 23.6 Å². The summed E-state index contributed by atoms with van der Waals surface area (Å²) in [7, 11) is 0.172. The van der Waals surface area contributed by atoms with Crippen LogP contribution < -0.4 is 11.2 Å². The summed E-state index contributed by atoms with van der Waals surface area (Å²) in [5, 5.41) is -0.136. The Kier molecular flexibility index (Phi) is 8.32. The van der Waals surface area contributed by atoms with Crippen LogP contribution in [0.3, 0.4) is 0 Å².